The molecule has 0 N–H and O–H groups in total. The molecule has 0 heteroatoms. The molecule has 0 atom stereocenters. The van der Waals surface area contributed by atoms with E-state index in [9.17, 15) is 0 Å². The van der Waals surface area contributed by atoms with E-state index in [4.69, 9.17) is 0 Å². The van der Waals surface area contributed by atoms with Gasteiger partial charge in [0.2, 0.25) is 0 Å². The van der Waals surface area contributed by atoms with Crippen molar-refractivity contribution in [1.82, 2.24) is 0 Å². The third-order valence-corrected chi connectivity index (χ3v) is 4.08. The van der Waals surface area contributed by atoms with E-state index < -0.39 is 0 Å². The summed E-state index contributed by atoms with van der Waals surface area (Å²) in [6, 6.07) is 13.4. The van der Waals surface area contributed by atoms with Crippen molar-refractivity contribution in [3.05, 3.63) is 58.7 Å². The van der Waals surface area contributed by atoms with Crippen LogP contribution in [0.3, 0.4) is 0 Å². The van der Waals surface area contributed by atoms with Crippen LogP contribution in [0.25, 0.3) is 11.1 Å². The topological polar surface area (TPSA) is 0 Å². The van der Waals surface area contributed by atoms with Crippen LogP contribution in [0.1, 0.15) is 43.0 Å². The molecule has 0 fully saturated rings. The first-order valence-corrected chi connectivity index (χ1v) is 6.70. The maximum Gasteiger partial charge on any atom is -0.00107 e. The lowest BCUT2D eigenvalue weighted by atomic mass is 9.81. The van der Waals surface area contributed by atoms with Gasteiger partial charge in [0.15, 0.2) is 0 Å². The first-order valence-electron chi connectivity index (χ1n) is 6.70. The molecule has 0 spiro atoms. The Labute approximate surface area is 110 Å². The second-order valence-corrected chi connectivity index (χ2v) is 6.35. The Kier molecular flexibility index (Phi) is 2.38. The fourth-order valence-electron chi connectivity index (χ4n) is 3.18. The van der Waals surface area contributed by atoms with Gasteiger partial charge in [0.1, 0.15) is 0 Å². The number of benzene rings is 2. The largest absolute Gasteiger partial charge is 0.0619 e. The molecule has 0 saturated carbocycles. The van der Waals surface area contributed by atoms with Crippen molar-refractivity contribution in [2.24, 2.45) is 0 Å². The maximum absolute atomic E-state index is 2.32. The highest BCUT2D eigenvalue weighted by molar-refractivity contribution is 5.78. The number of hydrogen-bond acceptors (Lipinski definition) is 0. The number of rotatable bonds is 0. The van der Waals surface area contributed by atoms with Gasteiger partial charge in [0.25, 0.3) is 0 Å². The minimum absolute atomic E-state index is 0.230. The average molecular weight is 236 g/mol. The Bertz CT molecular complexity index is 612. The minimum Gasteiger partial charge on any atom is -0.0619 e. The van der Waals surface area contributed by atoms with Crippen molar-refractivity contribution in [3.63, 3.8) is 0 Å². The van der Waals surface area contributed by atoms with Crippen LogP contribution in [0.5, 0.6) is 0 Å². The van der Waals surface area contributed by atoms with Crippen molar-refractivity contribution in [1.29, 1.82) is 0 Å². The SMILES string of the molecule is Cc1c(C(C)(C)C)ccc2c1Cc1ccccc1-2. The van der Waals surface area contributed by atoms with E-state index in [1.807, 2.05) is 0 Å². The molecule has 1 aliphatic carbocycles. The summed E-state index contributed by atoms with van der Waals surface area (Å²) in [4.78, 5) is 0. The summed E-state index contributed by atoms with van der Waals surface area (Å²) in [5.74, 6) is 0. The normalized spacial score (nSPS) is 13.3. The van der Waals surface area contributed by atoms with Gasteiger partial charge < -0.3 is 0 Å². The second-order valence-electron chi connectivity index (χ2n) is 6.35. The fourth-order valence-corrected chi connectivity index (χ4v) is 3.18. The monoisotopic (exact) mass is 236 g/mol. The van der Waals surface area contributed by atoms with Crippen LogP contribution in [0, 0.1) is 6.92 Å². The van der Waals surface area contributed by atoms with E-state index in [0.717, 1.165) is 6.42 Å². The van der Waals surface area contributed by atoms with E-state index in [1.54, 1.807) is 0 Å². The maximum atomic E-state index is 2.32. The Morgan fingerprint density at radius 3 is 2.33 bits per heavy atom. The Morgan fingerprint density at radius 2 is 1.61 bits per heavy atom. The fraction of sp³-hybridized carbons (Fsp3) is 0.333. The van der Waals surface area contributed by atoms with Crippen molar-refractivity contribution < 1.29 is 0 Å². The molecule has 3 rings (SSSR count). The van der Waals surface area contributed by atoms with Crippen LogP contribution in [0.2, 0.25) is 0 Å². The Morgan fingerprint density at radius 1 is 0.889 bits per heavy atom. The molecule has 18 heavy (non-hydrogen) atoms. The van der Waals surface area contributed by atoms with Gasteiger partial charge >= 0.3 is 0 Å². The lowest BCUT2D eigenvalue weighted by molar-refractivity contribution is 0.585. The summed E-state index contributed by atoms with van der Waals surface area (Å²) in [5.41, 5.74) is 9.07. The van der Waals surface area contributed by atoms with E-state index in [1.165, 1.54) is 33.4 Å². The van der Waals surface area contributed by atoms with Gasteiger partial charge in [0, 0.05) is 0 Å². The number of fused-ring (bicyclic) bond motifs is 3. The Balaban J connectivity index is 2.22. The van der Waals surface area contributed by atoms with E-state index in [2.05, 4.69) is 64.1 Å². The average Bonchev–Trinajstić information content (AvgIpc) is 2.68. The van der Waals surface area contributed by atoms with Crippen molar-refractivity contribution in [3.8, 4) is 11.1 Å². The van der Waals surface area contributed by atoms with Gasteiger partial charge in [-0.2, -0.15) is 0 Å². The first-order chi connectivity index (χ1) is 8.48. The molecule has 0 bridgehead atoms. The smallest absolute Gasteiger partial charge is 0.00107 e. The molecule has 0 aromatic heterocycles. The lowest BCUT2D eigenvalue weighted by Crippen LogP contribution is -2.14. The second kappa shape index (κ2) is 3.71. The highest BCUT2D eigenvalue weighted by Crippen LogP contribution is 2.41. The van der Waals surface area contributed by atoms with E-state index >= 15 is 0 Å². The predicted octanol–water partition coefficient (Wildman–Crippen LogP) is 4.86. The van der Waals surface area contributed by atoms with Gasteiger partial charge in [-0.15, -0.1) is 0 Å². The Hall–Kier alpha value is -1.56. The van der Waals surface area contributed by atoms with Gasteiger partial charge in [-0.3, -0.25) is 0 Å². The van der Waals surface area contributed by atoms with Crippen molar-refractivity contribution in [2.75, 3.05) is 0 Å². The third-order valence-electron chi connectivity index (χ3n) is 4.08. The van der Waals surface area contributed by atoms with Gasteiger partial charge in [-0.05, 0) is 52.1 Å². The van der Waals surface area contributed by atoms with Crippen molar-refractivity contribution in [2.45, 2.75) is 39.5 Å². The van der Waals surface area contributed by atoms with E-state index in [-0.39, 0.29) is 5.41 Å². The summed E-state index contributed by atoms with van der Waals surface area (Å²) in [6.07, 6.45) is 1.10. The molecule has 0 heterocycles. The van der Waals surface area contributed by atoms with Crippen LogP contribution in [0.4, 0.5) is 0 Å². The van der Waals surface area contributed by atoms with Crippen molar-refractivity contribution >= 4 is 0 Å². The predicted molar refractivity (Wildman–Crippen MR) is 78.1 cm³/mol. The van der Waals surface area contributed by atoms with Gasteiger partial charge in [-0.25, -0.2) is 0 Å². The van der Waals surface area contributed by atoms with Crippen LogP contribution in [-0.2, 0) is 11.8 Å². The summed E-state index contributed by atoms with van der Waals surface area (Å²) in [5, 5.41) is 0. The van der Waals surface area contributed by atoms with Gasteiger partial charge in [-0.1, -0.05) is 57.2 Å². The van der Waals surface area contributed by atoms with Crippen LogP contribution in [-0.4, -0.2) is 0 Å². The highest BCUT2D eigenvalue weighted by Gasteiger charge is 2.24. The molecule has 2 aromatic carbocycles. The molecule has 2 aromatic rings. The first kappa shape index (κ1) is 11.5. The zero-order valence-corrected chi connectivity index (χ0v) is 11.7. The summed E-state index contributed by atoms with van der Waals surface area (Å²) in [6.45, 7) is 9.17. The molecule has 0 saturated heterocycles. The zero-order valence-electron chi connectivity index (χ0n) is 11.7. The highest BCUT2D eigenvalue weighted by atomic mass is 14.3. The molecular weight excluding hydrogens is 216 g/mol. The third kappa shape index (κ3) is 1.59. The molecule has 0 nitrogen and oxygen atoms in total. The van der Waals surface area contributed by atoms with Crippen LogP contribution >= 0.6 is 0 Å². The lowest BCUT2D eigenvalue weighted by Gasteiger charge is -2.23. The molecule has 0 unspecified atom stereocenters. The molecule has 1 aliphatic rings. The number of hydrogen-bond donors (Lipinski definition) is 0. The molecule has 92 valence electrons. The molecule has 0 radical (unpaired) electrons. The van der Waals surface area contributed by atoms with Gasteiger partial charge in [0.05, 0.1) is 0 Å². The molecular formula is C18H20. The standard InChI is InChI=1S/C18H20/c1-12-16-11-13-7-5-6-8-14(13)15(16)9-10-17(12)18(2,3)4/h5-10H,11H2,1-4H3. The van der Waals surface area contributed by atoms with Crippen LogP contribution in [0.15, 0.2) is 36.4 Å². The summed E-state index contributed by atoms with van der Waals surface area (Å²) < 4.78 is 0. The van der Waals surface area contributed by atoms with E-state index in [0.29, 0.717) is 0 Å². The summed E-state index contributed by atoms with van der Waals surface area (Å²) in [7, 11) is 0. The molecule has 0 amide bonds. The molecule has 0 aliphatic heterocycles. The summed E-state index contributed by atoms with van der Waals surface area (Å²) >= 11 is 0. The van der Waals surface area contributed by atoms with Crippen LogP contribution < -0.4 is 0 Å². The minimum atomic E-state index is 0.230. The quantitative estimate of drug-likeness (QED) is 0.522. The zero-order chi connectivity index (χ0) is 12.9.